The number of hydrogen-bond donors (Lipinski definition) is 3. The van der Waals surface area contributed by atoms with Gasteiger partial charge in [0.05, 0.1) is 12.5 Å². The molecule has 10 heavy (non-hydrogen) atoms. The Morgan fingerprint density at radius 3 is 2.50 bits per heavy atom. The Labute approximate surface area is 56.7 Å². The summed E-state index contributed by atoms with van der Waals surface area (Å²) in [6.07, 6.45) is -1.19. The number of nitrogens with one attached hydrogen (secondary N) is 1. The lowest BCUT2D eigenvalue weighted by Gasteiger charge is -2.06. The van der Waals surface area contributed by atoms with E-state index >= 15 is 0 Å². The van der Waals surface area contributed by atoms with Gasteiger partial charge in [-0.05, 0) is 0 Å². The van der Waals surface area contributed by atoms with Crippen molar-refractivity contribution in [3.05, 3.63) is 0 Å². The summed E-state index contributed by atoms with van der Waals surface area (Å²) in [5, 5.41) is 19.3. The second-order valence-electron chi connectivity index (χ2n) is 2.15. The molecule has 0 radical (unpaired) electrons. The van der Waals surface area contributed by atoms with E-state index in [-0.39, 0.29) is 6.42 Å². The minimum atomic E-state index is -1.20. The third-order valence-corrected chi connectivity index (χ3v) is 1.36. The molecule has 0 aromatic rings. The van der Waals surface area contributed by atoms with Gasteiger partial charge in [-0.25, -0.2) is 4.79 Å². The summed E-state index contributed by atoms with van der Waals surface area (Å²) in [5.74, 6) is -1.61. The van der Waals surface area contributed by atoms with Crippen LogP contribution in [0.3, 0.4) is 0 Å². The molecule has 0 aromatic heterocycles. The normalized spacial score (nSPS) is 31.9. The van der Waals surface area contributed by atoms with Crippen molar-refractivity contribution >= 4 is 11.9 Å². The molecule has 5 heteroatoms. The maximum atomic E-state index is 10.4. The van der Waals surface area contributed by atoms with Gasteiger partial charge in [0, 0.05) is 0 Å². The van der Waals surface area contributed by atoms with E-state index in [0.717, 1.165) is 0 Å². The van der Waals surface area contributed by atoms with Crippen LogP contribution in [-0.2, 0) is 9.59 Å². The summed E-state index contributed by atoms with van der Waals surface area (Å²) in [6.45, 7) is 0. The average Bonchev–Trinajstić information content (AvgIpc) is 2.10. The molecule has 0 aliphatic carbocycles. The van der Waals surface area contributed by atoms with E-state index in [2.05, 4.69) is 5.32 Å². The number of aliphatic hydroxyl groups excluding tert-OH is 1. The van der Waals surface area contributed by atoms with Crippen molar-refractivity contribution in [1.29, 1.82) is 0 Å². The fourth-order valence-electron chi connectivity index (χ4n) is 0.863. The van der Waals surface area contributed by atoms with Crippen LogP contribution in [-0.4, -0.2) is 34.2 Å². The zero-order valence-corrected chi connectivity index (χ0v) is 5.07. The van der Waals surface area contributed by atoms with Crippen LogP contribution in [0.4, 0.5) is 0 Å². The van der Waals surface area contributed by atoms with Crippen LogP contribution in [0.5, 0.6) is 0 Å². The second kappa shape index (κ2) is 2.26. The van der Waals surface area contributed by atoms with Gasteiger partial charge in [-0.3, -0.25) is 4.79 Å². The highest BCUT2D eigenvalue weighted by Crippen LogP contribution is 2.07. The number of hydrogen-bond acceptors (Lipinski definition) is 3. The Bertz CT molecular complexity index is 178. The van der Waals surface area contributed by atoms with Crippen molar-refractivity contribution in [1.82, 2.24) is 5.32 Å². The summed E-state index contributed by atoms with van der Waals surface area (Å²) in [6, 6.07) is -1.12. The van der Waals surface area contributed by atoms with Gasteiger partial charge in [-0.15, -0.1) is 0 Å². The molecular formula is C5H7NO4. The number of carbonyl (C=O) groups excluding carboxylic acids is 1. The molecule has 56 valence electrons. The lowest BCUT2D eigenvalue weighted by molar-refractivity contribution is -0.141. The minimum Gasteiger partial charge on any atom is -0.480 e. The Hall–Kier alpha value is -1.10. The maximum Gasteiger partial charge on any atom is 0.328 e. The molecule has 1 fully saturated rings. The van der Waals surface area contributed by atoms with Crippen molar-refractivity contribution in [2.45, 2.75) is 18.6 Å². The monoisotopic (exact) mass is 145 g/mol. The summed E-state index contributed by atoms with van der Waals surface area (Å²) < 4.78 is 0. The Balaban J connectivity index is 2.63. The van der Waals surface area contributed by atoms with Gasteiger partial charge in [0.15, 0.2) is 6.04 Å². The van der Waals surface area contributed by atoms with Crippen LogP contribution in [0.15, 0.2) is 0 Å². The third kappa shape index (κ3) is 1.08. The van der Waals surface area contributed by atoms with Crippen LogP contribution < -0.4 is 5.32 Å². The molecule has 0 saturated carbocycles. The molecular weight excluding hydrogens is 138 g/mol. The lowest BCUT2D eigenvalue weighted by Crippen LogP contribution is -2.39. The lowest BCUT2D eigenvalue weighted by atomic mass is 10.2. The molecule has 0 spiro atoms. The summed E-state index contributed by atoms with van der Waals surface area (Å²) in [4.78, 5) is 20.6. The number of carboxylic acid groups (broad SMARTS) is 1. The predicted octanol–water partition coefficient (Wildman–Crippen LogP) is -1.68. The van der Waals surface area contributed by atoms with E-state index in [0.29, 0.717) is 0 Å². The topological polar surface area (TPSA) is 86.6 Å². The molecule has 1 aliphatic rings. The van der Waals surface area contributed by atoms with E-state index in [9.17, 15) is 9.59 Å². The molecule has 1 rings (SSSR count). The molecule has 0 aromatic carbocycles. The summed E-state index contributed by atoms with van der Waals surface area (Å²) in [7, 11) is 0. The first-order valence-electron chi connectivity index (χ1n) is 2.81. The fraction of sp³-hybridized carbons (Fsp3) is 0.600. The average molecular weight is 145 g/mol. The fourth-order valence-corrected chi connectivity index (χ4v) is 0.863. The van der Waals surface area contributed by atoms with Crippen LogP contribution in [0.25, 0.3) is 0 Å². The first-order chi connectivity index (χ1) is 4.61. The number of aliphatic carboxylic acids is 1. The molecule has 3 N–H and O–H groups in total. The first kappa shape index (κ1) is 7.01. The molecule has 0 bridgehead atoms. The van der Waals surface area contributed by atoms with Gasteiger partial charge in [0.1, 0.15) is 0 Å². The molecule has 2 atom stereocenters. The van der Waals surface area contributed by atoms with E-state index < -0.39 is 24.0 Å². The summed E-state index contributed by atoms with van der Waals surface area (Å²) in [5.41, 5.74) is 0. The molecule has 1 aliphatic heterocycles. The van der Waals surface area contributed by atoms with Crippen LogP contribution in [0, 0.1) is 0 Å². The number of aliphatic hydroxyl groups is 1. The number of rotatable bonds is 1. The van der Waals surface area contributed by atoms with Crippen LogP contribution in [0.2, 0.25) is 0 Å². The zero-order valence-electron chi connectivity index (χ0n) is 5.07. The van der Waals surface area contributed by atoms with E-state index in [1.807, 2.05) is 0 Å². The number of amides is 1. The highest BCUT2D eigenvalue weighted by Gasteiger charge is 2.35. The van der Waals surface area contributed by atoms with Crippen molar-refractivity contribution in [3.63, 3.8) is 0 Å². The molecule has 1 heterocycles. The van der Waals surface area contributed by atoms with Crippen LogP contribution in [0.1, 0.15) is 6.42 Å². The summed E-state index contributed by atoms with van der Waals surface area (Å²) >= 11 is 0. The van der Waals surface area contributed by atoms with Crippen molar-refractivity contribution < 1.29 is 19.8 Å². The smallest absolute Gasteiger partial charge is 0.328 e. The second-order valence-corrected chi connectivity index (χ2v) is 2.15. The van der Waals surface area contributed by atoms with E-state index in [1.54, 1.807) is 0 Å². The SMILES string of the molecule is O=C1C[C@@H](O)[C@H](C(=O)O)N1. The highest BCUT2D eigenvalue weighted by molar-refractivity contribution is 5.88. The van der Waals surface area contributed by atoms with Gasteiger partial charge in [0.2, 0.25) is 5.91 Å². The molecule has 5 nitrogen and oxygen atoms in total. The zero-order chi connectivity index (χ0) is 7.72. The Kier molecular flexibility index (Phi) is 1.58. The maximum absolute atomic E-state index is 10.4. The minimum absolute atomic E-state index is 0.114. The quantitative estimate of drug-likeness (QED) is 0.411. The van der Waals surface area contributed by atoms with Gasteiger partial charge in [-0.1, -0.05) is 0 Å². The molecule has 1 saturated heterocycles. The molecule has 1 amide bonds. The first-order valence-corrected chi connectivity index (χ1v) is 2.81. The Morgan fingerprint density at radius 2 is 2.30 bits per heavy atom. The van der Waals surface area contributed by atoms with Gasteiger partial charge in [0.25, 0.3) is 0 Å². The molecule has 0 unspecified atom stereocenters. The van der Waals surface area contributed by atoms with Crippen molar-refractivity contribution in [3.8, 4) is 0 Å². The van der Waals surface area contributed by atoms with Gasteiger partial charge < -0.3 is 15.5 Å². The Morgan fingerprint density at radius 1 is 1.70 bits per heavy atom. The van der Waals surface area contributed by atoms with E-state index in [4.69, 9.17) is 10.2 Å². The number of carboxylic acids is 1. The highest BCUT2D eigenvalue weighted by atomic mass is 16.4. The largest absolute Gasteiger partial charge is 0.480 e. The van der Waals surface area contributed by atoms with Crippen LogP contribution >= 0.6 is 0 Å². The van der Waals surface area contributed by atoms with Crippen molar-refractivity contribution in [2.75, 3.05) is 0 Å². The number of carbonyl (C=O) groups is 2. The van der Waals surface area contributed by atoms with Crippen molar-refractivity contribution in [2.24, 2.45) is 0 Å². The van der Waals surface area contributed by atoms with Gasteiger partial charge in [-0.2, -0.15) is 0 Å². The predicted molar refractivity (Wildman–Crippen MR) is 30.2 cm³/mol. The van der Waals surface area contributed by atoms with E-state index in [1.165, 1.54) is 0 Å². The van der Waals surface area contributed by atoms with Gasteiger partial charge >= 0.3 is 5.97 Å². The third-order valence-electron chi connectivity index (χ3n) is 1.36. The standard InChI is InChI=1S/C5H7NO4/c7-2-1-3(8)6-4(2)5(9)10/h2,4,7H,1H2,(H,6,8)(H,9,10)/t2-,4-/m1/s1.